The number of Topliss-reactive ketones (excluding diaryl/α,β-unsaturated/α-hetero) is 2. The first-order valence-electron chi connectivity index (χ1n) is 23.1. The maximum absolute atomic E-state index is 14.2. The van der Waals surface area contributed by atoms with Crippen LogP contribution in [-0.4, -0.2) is 83.6 Å². The normalized spacial score (nSPS) is 19.5. The molecule has 3 saturated carbocycles. The number of fused-ring (bicyclic) bond motifs is 1. The number of alkyl halides is 2. The average molecular weight is 883 g/mol. The number of para-hydroxylation sites is 1. The van der Waals surface area contributed by atoms with Gasteiger partial charge in [-0.05, 0) is 114 Å². The number of carbonyl (C=O) groups excluding carboxylic acids is 3. The number of aromatic nitrogens is 6. The van der Waals surface area contributed by atoms with E-state index in [4.69, 9.17) is 9.15 Å². The highest BCUT2D eigenvalue weighted by Crippen LogP contribution is 2.36. The van der Waals surface area contributed by atoms with Crippen molar-refractivity contribution in [2.45, 2.75) is 128 Å². The molecule has 1 atom stereocenters. The first kappa shape index (κ1) is 45.2. The molecule has 8 rings (SSSR count). The second kappa shape index (κ2) is 20.2. The van der Waals surface area contributed by atoms with Gasteiger partial charge in [0.05, 0.1) is 35.2 Å². The SMILES string of the molecule is CC(C)N(CCCOCCCc1cccc2c1n(C)c(=O)n2C1CCC(=O)CC1=O)CC1CCC(n2cc(NC(=O)c3coc(-c4ccnc(CCC5CC5)c4)n3)c(C(F)F)n2)CC1. The number of benzene rings is 1. The Balaban J connectivity index is 0.776. The molecule has 1 N–H and O–H groups in total. The Bertz CT molecular complexity index is 2490. The van der Waals surface area contributed by atoms with Gasteiger partial charge in [-0.3, -0.25) is 33.2 Å². The molecule has 14 nitrogen and oxygen atoms in total. The van der Waals surface area contributed by atoms with Crippen LogP contribution < -0.4 is 11.0 Å². The number of rotatable bonds is 20. The molecule has 3 fully saturated rings. The number of amides is 1. The molecular weight excluding hydrogens is 823 g/mol. The summed E-state index contributed by atoms with van der Waals surface area (Å²) >= 11 is 0. The van der Waals surface area contributed by atoms with Crippen LogP contribution >= 0.6 is 0 Å². The van der Waals surface area contributed by atoms with Gasteiger partial charge in [-0.1, -0.05) is 25.0 Å². The van der Waals surface area contributed by atoms with Crippen LogP contribution in [0.3, 0.4) is 0 Å². The van der Waals surface area contributed by atoms with Gasteiger partial charge in [-0.2, -0.15) is 5.10 Å². The van der Waals surface area contributed by atoms with Gasteiger partial charge in [0.25, 0.3) is 12.3 Å². The van der Waals surface area contributed by atoms with E-state index >= 15 is 0 Å². The minimum atomic E-state index is -2.87. The smallest absolute Gasteiger partial charge is 0.329 e. The van der Waals surface area contributed by atoms with E-state index in [1.807, 2.05) is 24.3 Å². The minimum Gasteiger partial charge on any atom is -0.444 e. The average Bonchev–Trinajstić information content (AvgIpc) is 3.68. The van der Waals surface area contributed by atoms with E-state index in [0.717, 1.165) is 99.1 Å². The van der Waals surface area contributed by atoms with Crippen molar-refractivity contribution < 1.29 is 32.3 Å². The van der Waals surface area contributed by atoms with E-state index in [1.54, 1.807) is 33.1 Å². The van der Waals surface area contributed by atoms with Crippen molar-refractivity contribution in [1.29, 1.82) is 0 Å². The molecule has 4 aromatic heterocycles. The molecule has 64 heavy (non-hydrogen) atoms. The molecule has 16 heteroatoms. The summed E-state index contributed by atoms with van der Waals surface area (Å²) < 4.78 is 44.9. The van der Waals surface area contributed by atoms with Crippen LogP contribution in [0.4, 0.5) is 14.5 Å². The van der Waals surface area contributed by atoms with Gasteiger partial charge in [-0.15, -0.1) is 0 Å². The number of ether oxygens (including phenoxy) is 1. The molecule has 1 aromatic carbocycles. The lowest BCUT2D eigenvalue weighted by atomic mass is 9.85. The number of hydrogen-bond acceptors (Lipinski definition) is 10. The third kappa shape index (κ3) is 10.6. The third-order valence-corrected chi connectivity index (χ3v) is 13.3. The van der Waals surface area contributed by atoms with E-state index in [0.29, 0.717) is 43.6 Å². The summed E-state index contributed by atoms with van der Waals surface area (Å²) in [5.41, 5.74) is 3.48. The van der Waals surface area contributed by atoms with Crippen LogP contribution in [0.15, 0.2) is 58.2 Å². The van der Waals surface area contributed by atoms with Crippen LogP contribution in [0.2, 0.25) is 0 Å². The number of ketones is 2. The predicted molar refractivity (Wildman–Crippen MR) is 237 cm³/mol. The molecule has 5 aromatic rings. The number of pyridine rings is 1. The zero-order valence-electron chi connectivity index (χ0n) is 37.1. The molecule has 4 heterocycles. The molecule has 3 aliphatic rings. The highest BCUT2D eigenvalue weighted by Gasteiger charge is 2.32. The molecule has 0 bridgehead atoms. The Labute approximate surface area is 371 Å². The Hall–Kier alpha value is -5.35. The second-order valence-corrected chi connectivity index (χ2v) is 18.3. The van der Waals surface area contributed by atoms with E-state index in [1.165, 1.54) is 25.3 Å². The lowest BCUT2D eigenvalue weighted by molar-refractivity contribution is -0.132. The van der Waals surface area contributed by atoms with Crippen LogP contribution in [-0.2, 0) is 34.2 Å². The Morgan fingerprint density at radius 3 is 2.53 bits per heavy atom. The van der Waals surface area contributed by atoms with Crippen molar-refractivity contribution in [3.05, 3.63) is 82.1 Å². The molecular formula is C48H60F2N8O6. The molecule has 1 unspecified atom stereocenters. The van der Waals surface area contributed by atoms with E-state index < -0.39 is 24.1 Å². The molecule has 1 amide bonds. The van der Waals surface area contributed by atoms with Crippen LogP contribution in [0.5, 0.6) is 0 Å². The van der Waals surface area contributed by atoms with Crippen molar-refractivity contribution in [2.75, 3.05) is 31.6 Å². The van der Waals surface area contributed by atoms with Gasteiger partial charge in [-0.25, -0.2) is 18.6 Å². The van der Waals surface area contributed by atoms with Gasteiger partial charge in [0.1, 0.15) is 12.0 Å². The maximum Gasteiger partial charge on any atom is 0.329 e. The molecule has 0 radical (unpaired) electrons. The number of anilines is 1. The summed E-state index contributed by atoms with van der Waals surface area (Å²) in [6, 6.07) is 9.20. The lowest BCUT2D eigenvalue weighted by Crippen LogP contribution is -2.37. The van der Waals surface area contributed by atoms with E-state index in [2.05, 4.69) is 39.1 Å². The van der Waals surface area contributed by atoms with Crippen LogP contribution in [0.25, 0.3) is 22.5 Å². The number of imidazole rings is 1. The van der Waals surface area contributed by atoms with Crippen LogP contribution in [0, 0.1) is 11.8 Å². The number of nitrogens with zero attached hydrogens (tertiary/aromatic N) is 7. The summed E-state index contributed by atoms with van der Waals surface area (Å²) in [6.45, 7) is 7.46. The Morgan fingerprint density at radius 1 is 1.00 bits per heavy atom. The zero-order chi connectivity index (χ0) is 44.9. The van der Waals surface area contributed by atoms with Gasteiger partial charge in [0.15, 0.2) is 17.2 Å². The Kier molecular flexibility index (Phi) is 14.3. The Morgan fingerprint density at radius 2 is 1.78 bits per heavy atom. The van der Waals surface area contributed by atoms with Gasteiger partial charge >= 0.3 is 5.69 Å². The zero-order valence-corrected chi connectivity index (χ0v) is 37.1. The summed E-state index contributed by atoms with van der Waals surface area (Å²) in [6.07, 6.45) is 12.5. The molecule has 0 aliphatic heterocycles. The van der Waals surface area contributed by atoms with Gasteiger partial charge in [0, 0.05) is 69.5 Å². The summed E-state index contributed by atoms with van der Waals surface area (Å²) in [4.78, 5) is 62.4. The maximum atomic E-state index is 14.2. The molecule has 342 valence electrons. The quantitative estimate of drug-likeness (QED) is 0.0594. The number of halogens is 2. The second-order valence-electron chi connectivity index (χ2n) is 18.3. The number of nitrogens with one attached hydrogen (secondary N) is 1. The third-order valence-electron chi connectivity index (χ3n) is 13.3. The standard InChI is InChI=1S/C48H60F2N8O6/c1-30(2)56(22-6-24-63-23-5-8-33-7-4-9-41-44(33)55(3)48(62)58(41)40-19-18-37(59)26-42(40)60)27-32-13-16-36(17-14-32)57-28-38(43(54-57)45(49)50)52-46(61)39-29-64-47(53-39)34-20-21-51-35(25-34)15-12-31-10-11-31/h4,7,9,20-21,25,28-32,36,40,45H,5-6,8,10-19,22-24,26-27H2,1-3H3,(H,52,61). The van der Waals surface area contributed by atoms with Crippen molar-refractivity contribution >= 4 is 34.2 Å². The van der Waals surface area contributed by atoms with Crippen molar-refractivity contribution in [3.63, 3.8) is 0 Å². The van der Waals surface area contributed by atoms with Crippen molar-refractivity contribution in [2.24, 2.45) is 18.9 Å². The minimum absolute atomic E-state index is 0.0100. The molecule has 3 aliphatic carbocycles. The number of hydrogen-bond donors (Lipinski definition) is 1. The number of aryl methyl sites for hydroxylation is 3. The fourth-order valence-corrected chi connectivity index (χ4v) is 9.53. The fraction of sp³-hybridized carbons (Fsp3) is 0.562. The number of carbonyl (C=O) groups is 3. The predicted octanol–water partition coefficient (Wildman–Crippen LogP) is 8.46. The van der Waals surface area contributed by atoms with E-state index in [9.17, 15) is 28.0 Å². The first-order valence-corrected chi connectivity index (χ1v) is 23.1. The monoisotopic (exact) mass is 882 g/mol. The lowest BCUT2D eigenvalue weighted by Gasteiger charge is -2.34. The number of oxazole rings is 1. The summed E-state index contributed by atoms with van der Waals surface area (Å²) in [5.74, 6) is 0.606. The highest BCUT2D eigenvalue weighted by molar-refractivity contribution is 6.04. The summed E-state index contributed by atoms with van der Waals surface area (Å²) in [7, 11) is 1.74. The largest absolute Gasteiger partial charge is 0.444 e. The molecule has 0 spiro atoms. The summed E-state index contributed by atoms with van der Waals surface area (Å²) in [5, 5.41) is 6.88. The van der Waals surface area contributed by atoms with Gasteiger partial charge in [0.2, 0.25) is 5.89 Å². The van der Waals surface area contributed by atoms with E-state index in [-0.39, 0.29) is 47.0 Å². The van der Waals surface area contributed by atoms with Crippen molar-refractivity contribution in [3.8, 4) is 11.5 Å². The fourth-order valence-electron chi connectivity index (χ4n) is 9.53. The topological polar surface area (TPSA) is 159 Å². The highest BCUT2D eigenvalue weighted by atomic mass is 19.3. The first-order chi connectivity index (χ1) is 30.9. The van der Waals surface area contributed by atoms with Crippen LogP contribution in [0.1, 0.15) is 137 Å². The van der Waals surface area contributed by atoms with Crippen molar-refractivity contribution in [1.82, 2.24) is 33.8 Å². The van der Waals surface area contributed by atoms with Gasteiger partial charge < -0.3 is 19.4 Å². The molecule has 0 saturated heterocycles.